The van der Waals surface area contributed by atoms with Crippen LogP contribution in [0.3, 0.4) is 0 Å². The van der Waals surface area contributed by atoms with Gasteiger partial charge in [-0.15, -0.1) is 0 Å². The minimum absolute atomic E-state index is 0.287. The summed E-state index contributed by atoms with van der Waals surface area (Å²) in [6.45, 7) is 1.04. The predicted octanol–water partition coefficient (Wildman–Crippen LogP) is 3.54. The monoisotopic (exact) mass is 395 g/mol. The van der Waals surface area contributed by atoms with E-state index in [0.29, 0.717) is 5.75 Å². The lowest BCUT2D eigenvalue weighted by Crippen LogP contribution is -2.29. The summed E-state index contributed by atoms with van der Waals surface area (Å²) in [5, 5.41) is 2.43. The fourth-order valence-electron chi connectivity index (χ4n) is 1.78. The van der Waals surface area contributed by atoms with Gasteiger partial charge in [-0.3, -0.25) is 4.79 Å². The second kappa shape index (κ2) is 8.44. The lowest BCUT2D eigenvalue weighted by Gasteiger charge is -2.14. The Hall–Kier alpha value is -2.41. The van der Waals surface area contributed by atoms with Crippen LogP contribution < -0.4 is 10.1 Å². The summed E-state index contributed by atoms with van der Waals surface area (Å²) in [7, 11) is 0. The Labute approximate surface area is 146 Å². The summed E-state index contributed by atoms with van der Waals surface area (Å²) in [5.74, 6) is -1.20. The highest BCUT2D eigenvalue weighted by Crippen LogP contribution is 2.17. The van der Waals surface area contributed by atoms with Crippen molar-refractivity contribution in [1.82, 2.24) is 0 Å². The highest BCUT2D eigenvalue weighted by molar-refractivity contribution is 9.10. The molecule has 1 atom stereocenters. The number of halogens is 2. The van der Waals surface area contributed by atoms with Crippen LogP contribution in [0.4, 0.5) is 10.1 Å². The molecule has 0 aliphatic carbocycles. The molecule has 0 aromatic heterocycles. The first-order valence-corrected chi connectivity index (χ1v) is 7.87. The summed E-state index contributed by atoms with van der Waals surface area (Å²) in [5.41, 5.74) is 0.287. The third kappa shape index (κ3) is 5.66. The number of rotatable bonds is 6. The number of benzene rings is 2. The molecule has 2 aromatic rings. The van der Waals surface area contributed by atoms with Crippen LogP contribution in [0.1, 0.15) is 6.92 Å². The van der Waals surface area contributed by atoms with E-state index in [1.165, 1.54) is 31.2 Å². The average Bonchev–Trinajstić information content (AvgIpc) is 2.54. The molecule has 0 bridgehead atoms. The number of esters is 1. The van der Waals surface area contributed by atoms with E-state index in [0.717, 1.165) is 4.47 Å². The highest BCUT2D eigenvalue weighted by atomic mass is 79.9. The number of nitrogens with one attached hydrogen (secondary N) is 1. The Morgan fingerprint density at radius 3 is 2.58 bits per heavy atom. The first kappa shape index (κ1) is 17.9. The van der Waals surface area contributed by atoms with E-state index in [1.807, 2.05) is 0 Å². The number of ether oxygens (including phenoxy) is 2. The van der Waals surface area contributed by atoms with Gasteiger partial charge < -0.3 is 14.8 Å². The SMILES string of the molecule is C[C@H](Oc1ccc(Br)cc1)C(=O)OCC(=O)Nc1cccc(F)c1. The molecule has 0 saturated heterocycles. The Morgan fingerprint density at radius 1 is 1.21 bits per heavy atom. The molecule has 1 N–H and O–H groups in total. The molecule has 1 amide bonds. The zero-order valence-corrected chi connectivity index (χ0v) is 14.4. The van der Waals surface area contributed by atoms with E-state index >= 15 is 0 Å². The van der Waals surface area contributed by atoms with Crippen molar-refractivity contribution in [2.24, 2.45) is 0 Å². The molecule has 0 heterocycles. The Bertz CT molecular complexity index is 721. The molecule has 0 saturated carbocycles. The van der Waals surface area contributed by atoms with E-state index in [1.54, 1.807) is 24.3 Å². The molecule has 0 aliphatic heterocycles. The van der Waals surface area contributed by atoms with E-state index in [2.05, 4.69) is 21.2 Å². The molecule has 126 valence electrons. The zero-order chi connectivity index (χ0) is 17.5. The predicted molar refractivity (Wildman–Crippen MR) is 90.2 cm³/mol. The van der Waals surface area contributed by atoms with Gasteiger partial charge in [-0.2, -0.15) is 0 Å². The average molecular weight is 396 g/mol. The molecule has 24 heavy (non-hydrogen) atoms. The van der Waals surface area contributed by atoms with E-state index in [9.17, 15) is 14.0 Å². The van der Waals surface area contributed by atoms with Gasteiger partial charge in [0, 0.05) is 10.2 Å². The smallest absolute Gasteiger partial charge is 0.347 e. The molecule has 0 aliphatic rings. The first-order valence-electron chi connectivity index (χ1n) is 7.08. The van der Waals surface area contributed by atoms with Crippen LogP contribution in [0.2, 0.25) is 0 Å². The van der Waals surface area contributed by atoms with Crippen molar-refractivity contribution in [3.63, 3.8) is 0 Å². The molecule has 2 aromatic carbocycles. The van der Waals surface area contributed by atoms with E-state index in [-0.39, 0.29) is 5.69 Å². The molecule has 7 heteroatoms. The highest BCUT2D eigenvalue weighted by Gasteiger charge is 2.18. The number of amides is 1. The third-order valence-electron chi connectivity index (χ3n) is 2.91. The van der Waals surface area contributed by atoms with Crippen LogP contribution in [0.25, 0.3) is 0 Å². The zero-order valence-electron chi connectivity index (χ0n) is 12.8. The lowest BCUT2D eigenvalue weighted by atomic mass is 10.3. The van der Waals surface area contributed by atoms with Crippen molar-refractivity contribution in [2.45, 2.75) is 13.0 Å². The molecule has 0 unspecified atom stereocenters. The molecule has 0 spiro atoms. The molecular formula is C17H15BrFNO4. The molecule has 0 fully saturated rings. The minimum Gasteiger partial charge on any atom is -0.479 e. The van der Waals surface area contributed by atoms with Crippen molar-refractivity contribution >= 4 is 33.5 Å². The van der Waals surface area contributed by atoms with Crippen LogP contribution in [0, 0.1) is 5.82 Å². The van der Waals surface area contributed by atoms with Gasteiger partial charge in [0.15, 0.2) is 12.7 Å². The summed E-state index contributed by atoms with van der Waals surface area (Å²) >= 11 is 3.30. The molecule has 5 nitrogen and oxygen atoms in total. The van der Waals surface area contributed by atoms with Gasteiger partial charge in [0.25, 0.3) is 5.91 Å². The number of hydrogen-bond donors (Lipinski definition) is 1. The van der Waals surface area contributed by atoms with Crippen LogP contribution >= 0.6 is 15.9 Å². The standard InChI is InChI=1S/C17H15BrFNO4/c1-11(24-15-7-5-12(18)6-8-15)17(22)23-10-16(21)20-14-4-2-3-13(19)9-14/h2-9,11H,10H2,1H3,(H,20,21)/t11-/m0/s1. The van der Waals surface area contributed by atoms with Gasteiger partial charge in [0.05, 0.1) is 0 Å². The fourth-order valence-corrected chi connectivity index (χ4v) is 2.05. The molecule has 2 rings (SSSR count). The summed E-state index contributed by atoms with van der Waals surface area (Å²) in [6.07, 6.45) is -0.867. The maximum atomic E-state index is 13.0. The summed E-state index contributed by atoms with van der Waals surface area (Å²) in [4.78, 5) is 23.5. The third-order valence-corrected chi connectivity index (χ3v) is 3.44. The van der Waals surface area contributed by atoms with Crippen LogP contribution in [0.5, 0.6) is 5.75 Å². The van der Waals surface area contributed by atoms with Gasteiger partial charge in [0.2, 0.25) is 0 Å². The number of anilines is 1. The Balaban J connectivity index is 1.79. The van der Waals surface area contributed by atoms with Crippen molar-refractivity contribution < 1.29 is 23.5 Å². The van der Waals surface area contributed by atoms with Crippen molar-refractivity contribution in [3.8, 4) is 5.75 Å². The second-order valence-electron chi connectivity index (χ2n) is 4.88. The van der Waals surface area contributed by atoms with Gasteiger partial charge in [-0.05, 0) is 49.4 Å². The normalized spacial score (nSPS) is 11.5. The topological polar surface area (TPSA) is 64.6 Å². The Morgan fingerprint density at radius 2 is 1.92 bits per heavy atom. The number of hydrogen-bond acceptors (Lipinski definition) is 4. The second-order valence-corrected chi connectivity index (χ2v) is 5.80. The van der Waals surface area contributed by atoms with E-state index in [4.69, 9.17) is 9.47 Å². The first-order chi connectivity index (χ1) is 11.4. The number of carbonyl (C=O) groups is 2. The Kier molecular flexibility index (Phi) is 6.31. The quantitative estimate of drug-likeness (QED) is 0.759. The molecular weight excluding hydrogens is 381 g/mol. The maximum absolute atomic E-state index is 13.0. The molecule has 0 radical (unpaired) electrons. The number of carbonyl (C=O) groups excluding carboxylic acids is 2. The minimum atomic E-state index is -0.867. The van der Waals surface area contributed by atoms with Crippen molar-refractivity contribution in [3.05, 3.63) is 58.8 Å². The summed E-state index contributed by atoms with van der Waals surface area (Å²) < 4.78 is 24.2. The van der Waals surface area contributed by atoms with Crippen molar-refractivity contribution in [2.75, 3.05) is 11.9 Å². The van der Waals surface area contributed by atoms with Crippen LogP contribution in [-0.2, 0) is 14.3 Å². The van der Waals surface area contributed by atoms with E-state index < -0.39 is 30.4 Å². The van der Waals surface area contributed by atoms with Crippen molar-refractivity contribution in [1.29, 1.82) is 0 Å². The lowest BCUT2D eigenvalue weighted by molar-refractivity contribution is -0.153. The fraction of sp³-hybridized carbons (Fsp3) is 0.176. The van der Waals surface area contributed by atoms with Gasteiger partial charge in [-0.25, -0.2) is 9.18 Å². The summed E-state index contributed by atoms with van der Waals surface area (Å²) in [6, 6.07) is 12.4. The van der Waals surface area contributed by atoms with Gasteiger partial charge in [-0.1, -0.05) is 22.0 Å². The van der Waals surface area contributed by atoms with Gasteiger partial charge >= 0.3 is 5.97 Å². The van der Waals surface area contributed by atoms with Crippen LogP contribution in [-0.4, -0.2) is 24.6 Å². The van der Waals surface area contributed by atoms with Gasteiger partial charge in [0.1, 0.15) is 11.6 Å². The largest absolute Gasteiger partial charge is 0.479 e. The maximum Gasteiger partial charge on any atom is 0.347 e. The van der Waals surface area contributed by atoms with Crippen LogP contribution in [0.15, 0.2) is 53.0 Å².